The molecule has 0 radical (unpaired) electrons. The number of hydrogen-bond donors (Lipinski definition) is 0. The second-order valence-electron chi connectivity index (χ2n) is 2.95. The fourth-order valence-electron chi connectivity index (χ4n) is 1.43. The van der Waals surface area contributed by atoms with Crippen molar-refractivity contribution in [1.82, 2.24) is 0 Å². The predicted molar refractivity (Wildman–Crippen MR) is 46.0 cm³/mol. The zero-order valence-corrected chi connectivity index (χ0v) is 6.98. The average molecular weight is 136 g/mol. The van der Waals surface area contributed by atoms with Gasteiger partial charge < -0.3 is 0 Å². The zero-order valence-electron chi connectivity index (χ0n) is 6.98. The third kappa shape index (κ3) is 1.73. The van der Waals surface area contributed by atoms with Crippen LogP contribution in [0.3, 0.4) is 0 Å². The van der Waals surface area contributed by atoms with Gasteiger partial charge in [-0.1, -0.05) is 24.6 Å². The smallest absolute Gasteiger partial charge is 0.0308 e. The van der Waals surface area contributed by atoms with Crippen molar-refractivity contribution in [2.45, 2.75) is 39.5 Å². The van der Waals surface area contributed by atoms with Crippen LogP contribution >= 0.6 is 0 Å². The van der Waals surface area contributed by atoms with E-state index in [0.29, 0.717) is 0 Å². The molecular weight excluding hydrogens is 120 g/mol. The summed E-state index contributed by atoms with van der Waals surface area (Å²) in [6, 6.07) is 0. The molecular formula is C10H16. The SMILES string of the molecule is CCC1=C(C)CCCC=C1. The van der Waals surface area contributed by atoms with Crippen molar-refractivity contribution in [3.8, 4) is 0 Å². The van der Waals surface area contributed by atoms with E-state index in [1.54, 1.807) is 11.1 Å². The summed E-state index contributed by atoms with van der Waals surface area (Å²) in [5.74, 6) is 0. The molecule has 0 atom stereocenters. The lowest BCUT2D eigenvalue weighted by atomic mass is 10.1. The molecule has 0 bridgehead atoms. The van der Waals surface area contributed by atoms with Crippen molar-refractivity contribution in [1.29, 1.82) is 0 Å². The summed E-state index contributed by atoms with van der Waals surface area (Å²) in [4.78, 5) is 0. The maximum atomic E-state index is 2.30. The minimum absolute atomic E-state index is 1.20. The van der Waals surface area contributed by atoms with E-state index in [1.807, 2.05) is 0 Å². The second kappa shape index (κ2) is 3.60. The molecule has 0 nitrogen and oxygen atoms in total. The highest BCUT2D eigenvalue weighted by Gasteiger charge is 1.99. The van der Waals surface area contributed by atoms with Crippen LogP contribution in [0.15, 0.2) is 23.3 Å². The number of rotatable bonds is 1. The van der Waals surface area contributed by atoms with Crippen molar-refractivity contribution in [3.05, 3.63) is 23.3 Å². The average Bonchev–Trinajstić information content (AvgIpc) is 2.13. The quantitative estimate of drug-likeness (QED) is 0.518. The van der Waals surface area contributed by atoms with Crippen LogP contribution in [0.2, 0.25) is 0 Å². The van der Waals surface area contributed by atoms with E-state index in [2.05, 4.69) is 26.0 Å². The minimum atomic E-state index is 1.20. The van der Waals surface area contributed by atoms with E-state index in [1.165, 1.54) is 25.7 Å². The van der Waals surface area contributed by atoms with Gasteiger partial charge in [0.25, 0.3) is 0 Å². The van der Waals surface area contributed by atoms with Gasteiger partial charge in [-0.15, -0.1) is 0 Å². The highest BCUT2D eigenvalue weighted by molar-refractivity contribution is 5.25. The van der Waals surface area contributed by atoms with Crippen LogP contribution < -0.4 is 0 Å². The van der Waals surface area contributed by atoms with Crippen molar-refractivity contribution >= 4 is 0 Å². The minimum Gasteiger partial charge on any atom is -0.0843 e. The van der Waals surface area contributed by atoms with E-state index in [0.717, 1.165) is 0 Å². The van der Waals surface area contributed by atoms with Gasteiger partial charge in [-0.3, -0.25) is 0 Å². The van der Waals surface area contributed by atoms with Gasteiger partial charge >= 0.3 is 0 Å². The lowest BCUT2D eigenvalue weighted by molar-refractivity contribution is 0.834. The van der Waals surface area contributed by atoms with E-state index in [9.17, 15) is 0 Å². The third-order valence-corrected chi connectivity index (χ3v) is 2.17. The molecule has 0 saturated carbocycles. The second-order valence-corrected chi connectivity index (χ2v) is 2.95. The zero-order chi connectivity index (χ0) is 7.40. The Bertz CT molecular complexity index is 161. The van der Waals surface area contributed by atoms with Crippen molar-refractivity contribution in [2.75, 3.05) is 0 Å². The summed E-state index contributed by atoms with van der Waals surface area (Å²) in [5.41, 5.74) is 3.15. The molecule has 1 rings (SSSR count). The van der Waals surface area contributed by atoms with Gasteiger partial charge in [0.15, 0.2) is 0 Å². The lowest BCUT2D eigenvalue weighted by Crippen LogP contribution is -1.81. The first-order valence-electron chi connectivity index (χ1n) is 4.19. The molecule has 56 valence electrons. The molecule has 1 aliphatic carbocycles. The molecule has 0 fully saturated rings. The number of hydrogen-bond acceptors (Lipinski definition) is 0. The molecule has 10 heavy (non-hydrogen) atoms. The van der Waals surface area contributed by atoms with Gasteiger partial charge in [0.05, 0.1) is 0 Å². The van der Waals surface area contributed by atoms with Crippen molar-refractivity contribution < 1.29 is 0 Å². The fraction of sp³-hybridized carbons (Fsp3) is 0.600. The third-order valence-electron chi connectivity index (χ3n) is 2.17. The molecule has 0 N–H and O–H groups in total. The van der Waals surface area contributed by atoms with Gasteiger partial charge in [0, 0.05) is 0 Å². The molecule has 0 spiro atoms. The van der Waals surface area contributed by atoms with Crippen LogP contribution in [0.1, 0.15) is 39.5 Å². The van der Waals surface area contributed by atoms with Gasteiger partial charge in [0.1, 0.15) is 0 Å². The van der Waals surface area contributed by atoms with Gasteiger partial charge in [-0.05, 0) is 38.2 Å². The first-order valence-corrected chi connectivity index (χ1v) is 4.19. The summed E-state index contributed by atoms with van der Waals surface area (Å²) in [7, 11) is 0. The molecule has 0 aromatic carbocycles. The molecule has 0 heterocycles. The molecule has 0 aromatic heterocycles. The standard InChI is InChI=1S/C10H16/c1-3-10-8-6-4-5-7-9(10)2/h6,8H,3-5,7H2,1-2H3. The maximum Gasteiger partial charge on any atom is -0.0308 e. The fourth-order valence-corrected chi connectivity index (χ4v) is 1.43. The van der Waals surface area contributed by atoms with Crippen LogP contribution in [-0.4, -0.2) is 0 Å². The summed E-state index contributed by atoms with van der Waals surface area (Å²) in [6.45, 7) is 4.49. The molecule has 1 aliphatic rings. The molecule has 0 unspecified atom stereocenters. The van der Waals surface area contributed by atoms with Gasteiger partial charge in [-0.25, -0.2) is 0 Å². The summed E-state index contributed by atoms with van der Waals surface area (Å²) >= 11 is 0. The van der Waals surface area contributed by atoms with Crippen molar-refractivity contribution in [2.24, 2.45) is 0 Å². The monoisotopic (exact) mass is 136 g/mol. The van der Waals surface area contributed by atoms with E-state index < -0.39 is 0 Å². The predicted octanol–water partition coefficient (Wildman–Crippen LogP) is 3.45. The molecule has 0 aromatic rings. The highest BCUT2D eigenvalue weighted by Crippen LogP contribution is 2.19. The van der Waals surface area contributed by atoms with Gasteiger partial charge in [-0.2, -0.15) is 0 Å². The van der Waals surface area contributed by atoms with Crippen LogP contribution in [0.4, 0.5) is 0 Å². The van der Waals surface area contributed by atoms with E-state index >= 15 is 0 Å². The summed E-state index contributed by atoms with van der Waals surface area (Å²) in [5, 5.41) is 0. The molecule has 0 heteroatoms. The van der Waals surface area contributed by atoms with Crippen LogP contribution in [0, 0.1) is 0 Å². The van der Waals surface area contributed by atoms with Gasteiger partial charge in [0.2, 0.25) is 0 Å². The van der Waals surface area contributed by atoms with Crippen LogP contribution in [-0.2, 0) is 0 Å². The lowest BCUT2D eigenvalue weighted by Gasteiger charge is -2.01. The van der Waals surface area contributed by atoms with Crippen LogP contribution in [0.5, 0.6) is 0 Å². The Morgan fingerprint density at radius 1 is 1.50 bits per heavy atom. The first kappa shape index (κ1) is 7.59. The Hall–Kier alpha value is -0.520. The topological polar surface area (TPSA) is 0 Å². The van der Waals surface area contributed by atoms with Crippen LogP contribution in [0.25, 0.3) is 0 Å². The Kier molecular flexibility index (Phi) is 2.73. The van der Waals surface area contributed by atoms with E-state index in [4.69, 9.17) is 0 Å². The molecule has 0 aliphatic heterocycles. The first-order chi connectivity index (χ1) is 4.84. The normalized spacial score (nSPS) is 19.4. The highest BCUT2D eigenvalue weighted by atomic mass is 14.1. The Labute approximate surface area is 63.6 Å². The molecule has 0 amide bonds. The number of allylic oxidation sites excluding steroid dienone is 4. The van der Waals surface area contributed by atoms with E-state index in [-0.39, 0.29) is 0 Å². The molecule has 0 saturated heterocycles. The Morgan fingerprint density at radius 2 is 2.30 bits per heavy atom. The summed E-state index contributed by atoms with van der Waals surface area (Å²) in [6.07, 6.45) is 9.70. The Balaban J connectivity index is 2.73. The maximum absolute atomic E-state index is 2.30. The summed E-state index contributed by atoms with van der Waals surface area (Å²) < 4.78 is 0. The van der Waals surface area contributed by atoms with Crippen molar-refractivity contribution in [3.63, 3.8) is 0 Å². The Morgan fingerprint density at radius 3 is 3.00 bits per heavy atom. The largest absolute Gasteiger partial charge is 0.0843 e.